The van der Waals surface area contributed by atoms with Crippen molar-refractivity contribution in [2.24, 2.45) is 23.7 Å². The van der Waals surface area contributed by atoms with Gasteiger partial charge in [0.2, 0.25) is 17.6 Å². The van der Waals surface area contributed by atoms with Gasteiger partial charge in [0, 0.05) is 16.5 Å². The number of amides is 2. The van der Waals surface area contributed by atoms with Crippen LogP contribution in [0.5, 0.6) is 5.75 Å². The number of Topliss-reactive ketones (excluding diaryl/α,β-unsaturated/α-hetero) is 1. The average molecular weight is 587 g/mol. The Morgan fingerprint density at radius 3 is 2.36 bits per heavy atom. The van der Waals surface area contributed by atoms with Crippen molar-refractivity contribution in [3.63, 3.8) is 0 Å². The maximum Gasteiger partial charge on any atom is 0.339 e. The van der Waals surface area contributed by atoms with Gasteiger partial charge < -0.3 is 9.47 Å². The van der Waals surface area contributed by atoms with Crippen molar-refractivity contribution in [3.05, 3.63) is 102 Å². The second kappa shape index (κ2) is 10.6. The van der Waals surface area contributed by atoms with Crippen LogP contribution in [0.1, 0.15) is 41.0 Å². The first kappa shape index (κ1) is 27.7. The summed E-state index contributed by atoms with van der Waals surface area (Å²) in [5.74, 6) is -0.859. The molecule has 7 rings (SSSR count). The highest BCUT2D eigenvalue weighted by atomic mass is 16.5. The molecule has 1 aromatic heterocycles. The number of para-hydroxylation sites is 1. The van der Waals surface area contributed by atoms with Crippen molar-refractivity contribution in [2.75, 3.05) is 12.0 Å². The predicted molar refractivity (Wildman–Crippen MR) is 164 cm³/mol. The summed E-state index contributed by atoms with van der Waals surface area (Å²) in [6.45, 7) is 3.60. The van der Waals surface area contributed by atoms with Crippen molar-refractivity contribution in [2.45, 2.75) is 26.4 Å². The molecule has 1 aliphatic heterocycles. The molecular formula is C36H30N2O6. The van der Waals surface area contributed by atoms with Crippen molar-refractivity contribution < 1.29 is 28.7 Å². The van der Waals surface area contributed by atoms with Gasteiger partial charge in [0.15, 0.2) is 6.10 Å². The van der Waals surface area contributed by atoms with E-state index in [4.69, 9.17) is 14.5 Å². The molecule has 2 bridgehead atoms. The molecular weight excluding hydrogens is 556 g/mol. The quantitative estimate of drug-likeness (QED) is 0.113. The van der Waals surface area contributed by atoms with E-state index in [-0.39, 0.29) is 46.8 Å². The number of pyridine rings is 1. The second-order valence-electron chi connectivity index (χ2n) is 11.7. The molecule has 1 saturated heterocycles. The Kier molecular flexibility index (Phi) is 6.65. The lowest BCUT2D eigenvalue weighted by molar-refractivity contribution is -0.123. The van der Waals surface area contributed by atoms with Gasteiger partial charge in [0.05, 0.1) is 41.4 Å². The third-order valence-corrected chi connectivity index (χ3v) is 9.27. The second-order valence-corrected chi connectivity index (χ2v) is 11.7. The summed E-state index contributed by atoms with van der Waals surface area (Å²) < 4.78 is 10.8. The Morgan fingerprint density at radius 2 is 1.64 bits per heavy atom. The number of aromatic nitrogens is 1. The summed E-state index contributed by atoms with van der Waals surface area (Å²) >= 11 is 0. The van der Waals surface area contributed by atoms with E-state index in [2.05, 4.69) is 13.0 Å². The number of hydrogen-bond donors (Lipinski definition) is 0. The summed E-state index contributed by atoms with van der Waals surface area (Å²) in [5, 5.41) is 0.598. The smallest absolute Gasteiger partial charge is 0.339 e. The molecule has 0 spiro atoms. The van der Waals surface area contributed by atoms with Crippen LogP contribution in [-0.2, 0) is 14.3 Å². The molecule has 2 aliphatic carbocycles. The summed E-state index contributed by atoms with van der Waals surface area (Å²) in [6.07, 6.45) is 2.03. The minimum atomic E-state index is -1.02. The highest BCUT2D eigenvalue weighted by molar-refractivity contribution is 6.23. The molecule has 5 unspecified atom stereocenters. The molecule has 44 heavy (non-hydrogen) atoms. The number of anilines is 1. The number of ketones is 1. The number of methoxy groups -OCH3 is 1. The number of rotatable bonds is 7. The lowest BCUT2D eigenvalue weighted by atomic mass is 9.82. The predicted octanol–water partition coefficient (Wildman–Crippen LogP) is 6.04. The van der Waals surface area contributed by atoms with Gasteiger partial charge in [-0.25, -0.2) is 9.78 Å². The fourth-order valence-corrected chi connectivity index (χ4v) is 7.07. The molecule has 220 valence electrons. The van der Waals surface area contributed by atoms with Gasteiger partial charge in [-0.2, -0.15) is 0 Å². The van der Waals surface area contributed by atoms with E-state index >= 15 is 0 Å². The van der Waals surface area contributed by atoms with E-state index in [0.29, 0.717) is 39.2 Å². The van der Waals surface area contributed by atoms with Gasteiger partial charge in [0.25, 0.3) is 0 Å². The van der Waals surface area contributed by atoms with Gasteiger partial charge >= 0.3 is 5.97 Å². The summed E-state index contributed by atoms with van der Waals surface area (Å²) in [4.78, 5) is 59.3. The van der Waals surface area contributed by atoms with Crippen LogP contribution >= 0.6 is 0 Å². The topological polar surface area (TPSA) is 103 Å². The first-order valence-electron chi connectivity index (χ1n) is 14.7. The molecule has 2 amide bonds. The van der Waals surface area contributed by atoms with E-state index in [0.717, 1.165) is 6.42 Å². The number of fused-ring (bicyclic) bond motifs is 6. The van der Waals surface area contributed by atoms with E-state index < -0.39 is 12.1 Å². The number of carbonyl (C=O) groups is 4. The lowest BCUT2D eigenvalue weighted by Gasteiger charge is -2.19. The molecule has 1 saturated carbocycles. The number of esters is 1. The Morgan fingerprint density at radius 1 is 0.932 bits per heavy atom. The third kappa shape index (κ3) is 4.40. The zero-order valence-corrected chi connectivity index (χ0v) is 24.5. The molecule has 5 atom stereocenters. The SMILES string of the molecule is COc1ccc(C(=O)C(C)OC(=O)c2cc(-c3ccc(N4C(=O)C5C6C=C(C)C(C6)C5C4=O)cc3)nc3ccccc23)cc1. The van der Waals surface area contributed by atoms with Crippen molar-refractivity contribution in [1.29, 1.82) is 0 Å². The van der Waals surface area contributed by atoms with Crippen LogP contribution in [0.2, 0.25) is 0 Å². The third-order valence-electron chi connectivity index (χ3n) is 9.27. The number of benzene rings is 3. The molecule has 2 heterocycles. The fraction of sp³-hybridized carbons (Fsp3) is 0.250. The van der Waals surface area contributed by atoms with E-state index in [9.17, 15) is 19.2 Å². The molecule has 8 nitrogen and oxygen atoms in total. The van der Waals surface area contributed by atoms with E-state index in [1.807, 2.05) is 12.1 Å². The van der Waals surface area contributed by atoms with Crippen LogP contribution in [0.4, 0.5) is 5.69 Å². The summed E-state index contributed by atoms with van der Waals surface area (Å²) in [5.41, 5.74) is 4.24. The summed E-state index contributed by atoms with van der Waals surface area (Å²) in [6, 6.07) is 22.6. The molecule has 2 fully saturated rings. The van der Waals surface area contributed by atoms with Gasteiger partial charge in [-0.3, -0.25) is 19.3 Å². The van der Waals surface area contributed by atoms with Crippen LogP contribution < -0.4 is 9.64 Å². The molecule has 4 aromatic rings. The normalized spacial score (nSPS) is 22.6. The fourth-order valence-electron chi connectivity index (χ4n) is 7.07. The Hall–Kier alpha value is -5.11. The zero-order chi connectivity index (χ0) is 30.7. The highest BCUT2D eigenvalue weighted by Gasteiger charge is 2.60. The minimum Gasteiger partial charge on any atom is -0.497 e. The molecule has 0 N–H and O–H groups in total. The van der Waals surface area contributed by atoms with Crippen LogP contribution in [0.3, 0.4) is 0 Å². The van der Waals surface area contributed by atoms with Crippen LogP contribution in [-0.4, -0.2) is 41.8 Å². The first-order chi connectivity index (χ1) is 21.2. The largest absolute Gasteiger partial charge is 0.497 e. The Labute approximate surface area is 254 Å². The van der Waals surface area contributed by atoms with Gasteiger partial charge in [-0.15, -0.1) is 0 Å². The maximum absolute atomic E-state index is 13.5. The number of nitrogens with zero attached hydrogens (tertiary/aromatic N) is 2. The van der Waals surface area contributed by atoms with E-state index in [1.54, 1.807) is 80.8 Å². The van der Waals surface area contributed by atoms with E-state index in [1.165, 1.54) is 10.5 Å². The first-order valence-corrected chi connectivity index (χ1v) is 14.7. The van der Waals surface area contributed by atoms with Crippen LogP contribution in [0.25, 0.3) is 22.2 Å². The molecule has 8 heteroatoms. The number of carbonyl (C=O) groups excluding carboxylic acids is 4. The minimum absolute atomic E-state index is 0.125. The van der Waals surface area contributed by atoms with Crippen molar-refractivity contribution in [1.82, 2.24) is 4.98 Å². The molecule has 3 aliphatic rings. The standard InChI is InChI=1S/C36H30N2O6/c1-19-16-23-17-27(19)32-31(23)34(40)38(35(32)41)24-12-8-21(9-13-24)30-18-28(26-6-4-5-7-29(26)37-30)36(42)44-20(2)33(39)22-10-14-25(43-3)15-11-22/h4-16,18,20,23,27,31-32H,17H2,1-3H3. The zero-order valence-electron chi connectivity index (χ0n) is 24.5. The van der Waals surface area contributed by atoms with Gasteiger partial charge in [-0.05, 0) is 80.6 Å². The lowest BCUT2D eigenvalue weighted by Crippen LogP contribution is -2.32. The maximum atomic E-state index is 13.5. The Balaban J connectivity index is 1.15. The summed E-state index contributed by atoms with van der Waals surface area (Å²) in [7, 11) is 1.55. The number of allylic oxidation sites excluding steroid dienone is 2. The van der Waals surface area contributed by atoms with Gasteiger partial charge in [0.1, 0.15) is 5.75 Å². The number of imide groups is 1. The van der Waals surface area contributed by atoms with Crippen molar-refractivity contribution in [3.8, 4) is 17.0 Å². The average Bonchev–Trinajstić information content (AvgIpc) is 3.69. The van der Waals surface area contributed by atoms with Gasteiger partial charge in [-0.1, -0.05) is 42.0 Å². The van der Waals surface area contributed by atoms with Crippen LogP contribution in [0, 0.1) is 23.7 Å². The molecule has 0 radical (unpaired) electrons. The monoisotopic (exact) mass is 586 g/mol. The number of ether oxygens (including phenoxy) is 2. The number of hydrogen-bond acceptors (Lipinski definition) is 7. The van der Waals surface area contributed by atoms with Crippen molar-refractivity contribution >= 4 is 40.2 Å². The highest BCUT2D eigenvalue weighted by Crippen LogP contribution is 2.56. The molecule has 3 aromatic carbocycles. The Bertz CT molecular complexity index is 1880. The van der Waals surface area contributed by atoms with Crippen LogP contribution in [0.15, 0.2) is 90.5 Å².